The highest BCUT2D eigenvalue weighted by atomic mass is 16.5. The molecule has 2 aromatic rings. The molecule has 0 amide bonds. The minimum atomic E-state index is -0.686. The number of benzene rings is 2. The van der Waals surface area contributed by atoms with Gasteiger partial charge in [-0.2, -0.15) is 0 Å². The second-order valence-corrected chi connectivity index (χ2v) is 6.11. The maximum Gasteiger partial charge on any atom is 0.127 e. The lowest BCUT2D eigenvalue weighted by molar-refractivity contribution is 0.00951. The molecule has 2 N–H and O–H groups in total. The molecular formula is C20H26O3. The first-order chi connectivity index (χ1) is 11.0. The number of hydrogen-bond acceptors (Lipinski definition) is 3. The van der Waals surface area contributed by atoms with Crippen molar-refractivity contribution in [2.45, 2.75) is 51.7 Å². The minimum Gasteiger partial charge on any atom is -0.457 e. The lowest BCUT2D eigenvalue weighted by Crippen LogP contribution is -2.26. The van der Waals surface area contributed by atoms with E-state index in [9.17, 15) is 10.2 Å². The summed E-state index contributed by atoms with van der Waals surface area (Å²) < 4.78 is 5.84. The van der Waals surface area contributed by atoms with Crippen molar-refractivity contribution < 1.29 is 14.9 Å². The van der Waals surface area contributed by atoms with E-state index in [1.807, 2.05) is 62.4 Å². The van der Waals surface area contributed by atoms with Crippen LogP contribution in [0.25, 0.3) is 0 Å². The zero-order valence-corrected chi connectivity index (χ0v) is 14.1. The minimum absolute atomic E-state index is 0.178. The highest BCUT2D eigenvalue weighted by Crippen LogP contribution is 2.29. The summed E-state index contributed by atoms with van der Waals surface area (Å²) in [4.78, 5) is 0. The maximum atomic E-state index is 10.0. The zero-order chi connectivity index (χ0) is 16.8. The third kappa shape index (κ3) is 4.81. The molecule has 3 heteroatoms. The number of aliphatic hydroxyl groups excluding tert-OH is 2. The summed E-state index contributed by atoms with van der Waals surface area (Å²) in [6.45, 7) is 6.00. The third-order valence-electron chi connectivity index (χ3n) is 4.21. The van der Waals surface area contributed by atoms with Gasteiger partial charge < -0.3 is 14.9 Å². The molecule has 124 valence electrons. The molecule has 0 aliphatic carbocycles. The van der Waals surface area contributed by atoms with Gasteiger partial charge in [0.25, 0.3) is 0 Å². The molecule has 3 atom stereocenters. The lowest BCUT2D eigenvalue weighted by Gasteiger charge is -2.22. The van der Waals surface area contributed by atoms with E-state index in [1.165, 1.54) is 5.56 Å². The van der Waals surface area contributed by atoms with Gasteiger partial charge in [-0.1, -0.05) is 38.1 Å². The molecule has 0 aliphatic rings. The van der Waals surface area contributed by atoms with Gasteiger partial charge in [-0.15, -0.1) is 0 Å². The first kappa shape index (κ1) is 17.5. The van der Waals surface area contributed by atoms with Gasteiger partial charge in [0.15, 0.2) is 0 Å². The smallest absolute Gasteiger partial charge is 0.127 e. The molecule has 0 radical (unpaired) electrons. The van der Waals surface area contributed by atoms with Gasteiger partial charge in [0.1, 0.15) is 11.5 Å². The van der Waals surface area contributed by atoms with Crippen molar-refractivity contribution >= 4 is 0 Å². The van der Waals surface area contributed by atoms with Gasteiger partial charge in [-0.25, -0.2) is 0 Å². The van der Waals surface area contributed by atoms with Crippen LogP contribution in [0.15, 0.2) is 48.5 Å². The maximum absolute atomic E-state index is 10.0. The van der Waals surface area contributed by atoms with E-state index < -0.39 is 12.2 Å². The Bertz CT molecular complexity index is 610. The molecule has 23 heavy (non-hydrogen) atoms. The molecule has 2 aromatic carbocycles. The summed E-state index contributed by atoms with van der Waals surface area (Å²) in [6.07, 6.45) is -0.223. The van der Waals surface area contributed by atoms with Crippen LogP contribution in [0, 0.1) is 6.92 Å². The molecule has 0 aliphatic heterocycles. The second-order valence-electron chi connectivity index (χ2n) is 6.11. The third-order valence-corrected chi connectivity index (χ3v) is 4.21. The second kappa shape index (κ2) is 8.14. The predicted octanol–water partition coefficient (Wildman–Crippen LogP) is 4.41. The summed E-state index contributed by atoms with van der Waals surface area (Å²) in [6, 6.07) is 15.7. The van der Waals surface area contributed by atoms with Crippen LogP contribution >= 0.6 is 0 Å². The average Bonchev–Trinajstić information content (AvgIpc) is 2.54. The van der Waals surface area contributed by atoms with Crippen molar-refractivity contribution in [3.8, 4) is 11.5 Å². The van der Waals surface area contributed by atoms with Crippen LogP contribution in [0.3, 0.4) is 0 Å². The fourth-order valence-corrected chi connectivity index (χ4v) is 2.81. The Hall–Kier alpha value is -1.84. The highest BCUT2D eigenvalue weighted by molar-refractivity contribution is 5.39. The fraction of sp³-hybridized carbons (Fsp3) is 0.400. The Labute approximate surface area is 138 Å². The Balaban J connectivity index is 2.06. The number of ether oxygens (including phenoxy) is 1. The van der Waals surface area contributed by atoms with Crippen LogP contribution in [0.4, 0.5) is 0 Å². The Morgan fingerprint density at radius 1 is 0.957 bits per heavy atom. The number of aliphatic hydroxyl groups is 2. The summed E-state index contributed by atoms with van der Waals surface area (Å²) in [5.41, 5.74) is 2.30. The van der Waals surface area contributed by atoms with Crippen LogP contribution in [0.2, 0.25) is 0 Å². The van der Waals surface area contributed by atoms with Crippen LogP contribution < -0.4 is 4.74 Å². The molecule has 2 rings (SSSR count). The van der Waals surface area contributed by atoms with Crippen molar-refractivity contribution in [3.63, 3.8) is 0 Å². The number of hydrogen-bond donors (Lipinski definition) is 2. The summed E-state index contributed by atoms with van der Waals surface area (Å²) in [7, 11) is 0. The van der Waals surface area contributed by atoms with Crippen LogP contribution in [0.5, 0.6) is 11.5 Å². The molecule has 0 spiro atoms. The highest BCUT2D eigenvalue weighted by Gasteiger charge is 2.19. The van der Waals surface area contributed by atoms with E-state index in [1.54, 1.807) is 0 Å². The van der Waals surface area contributed by atoms with Gasteiger partial charge in [-0.3, -0.25) is 0 Å². The Morgan fingerprint density at radius 2 is 1.65 bits per heavy atom. The number of aryl methyl sites for hydroxylation is 1. The van der Waals surface area contributed by atoms with Crippen molar-refractivity contribution in [2.75, 3.05) is 0 Å². The van der Waals surface area contributed by atoms with Crippen molar-refractivity contribution in [1.29, 1.82) is 0 Å². The van der Waals surface area contributed by atoms with Crippen molar-refractivity contribution in [3.05, 3.63) is 59.7 Å². The summed E-state index contributed by atoms with van der Waals surface area (Å²) in [5, 5.41) is 19.7. The average molecular weight is 314 g/mol. The van der Waals surface area contributed by atoms with E-state index in [0.29, 0.717) is 12.8 Å². The first-order valence-electron chi connectivity index (χ1n) is 8.20. The molecule has 0 aromatic heterocycles. The van der Waals surface area contributed by atoms with Gasteiger partial charge in [0.05, 0.1) is 12.2 Å². The molecule has 0 fully saturated rings. The normalized spacial score (nSPS) is 15.0. The molecule has 0 heterocycles. The number of para-hydroxylation sites is 1. The fourth-order valence-electron chi connectivity index (χ4n) is 2.81. The van der Waals surface area contributed by atoms with E-state index in [2.05, 4.69) is 6.92 Å². The van der Waals surface area contributed by atoms with Crippen molar-refractivity contribution in [2.24, 2.45) is 0 Å². The molecule has 0 bridgehead atoms. The van der Waals surface area contributed by atoms with Crippen LogP contribution in [0.1, 0.15) is 43.7 Å². The standard InChI is InChI=1S/C20H26O3/c1-4-19(21)20(22)13-15(3)18-11-10-17(12-14(18)2)23-16-8-6-5-7-9-16/h5-12,15,19-22H,4,13H2,1-3H3. The summed E-state index contributed by atoms with van der Waals surface area (Å²) >= 11 is 0. The zero-order valence-electron chi connectivity index (χ0n) is 14.1. The van der Waals surface area contributed by atoms with Gasteiger partial charge in [-0.05, 0) is 61.1 Å². The van der Waals surface area contributed by atoms with Gasteiger partial charge >= 0.3 is 0 Å². The van der Waals surface area contributed by atoms with E-state index in [4.69, 9.17) is 4.74 Å². The lowest BCUT2D eigenvalue weighted by atomic mass is 9.90. The Kier molecular flexibility index (Phi) is 6.20. The summed E-state index contributed by atoms with van der Waals surface area (Å²) in [5.74, 6) is 1.80. The topological polar surface area (TPSA) is 49.7 Å². The van der Waals surface area contributed by atoms with Crippen LogP contribution in [-0.4, -0.2) is 22.4 Å². The van der Waals surface area contributed by atoms with E-state index in [-0.39, 0.29) is 5.92 Å². The monoisotopic (exact) mass is 314 g/mol. The molecule has 0 saturated carbocycles. The van der Waals surface area contributed by atoms with Gasteiger partial charge in [0, 0.05) is 0 Å². The molecular weight excluding hydrogens is 288 g/mol. The quantitative estimate of drug-likeness (QED) is 0.795. The predicted molar refractivity (Wildman–Crippen MR) is 93.0 cm³/mol. The SMILES string of the molecule is CCC(O)C(O)CC(C)c1ccc(Oc2ccccc2)cc1C. The molecule has 0 saturated heterocycles. The molecule has 3 unspecified atom stereocenters. The van der Waals surface area contributed by atoms with Crippen molar-refractivity contribution in [1.82, 2.24) is 0 Å². The first-order valence-corrected chi connectivity index (χ1v) is 8.20. The van der Waals surface area contributed by atoms with Crippen LogP contribution in [-0.2, 0) is 0 Å². The Morgan fingerprint density at radius 3 is 2.26 bits per heavy atom. The molecule has 3 nitrogen and oxygen atoms in total. The number of rotatable bonds is 7. The van der Waals surface area contributed by atoms with E-state index >= 15 is 0 Å². The van der Waals surface area contributed by atoms with E-state index in [0.717, 1.165) is 17.1 Å². The van der Waals surface area contributed by atoms with Gasteiger partial charge in [0.2, 0.25) is 0 Å². The largest absolute Gasteiger partial charge is 0.457 e.